The molecule has 4 aliphatic rings. The van der Waals surface area contributed by atoms with Gasteiger partial charge in [-0.2, -0.15) is 0 Å². The number of amides is 8. The van der Waals surface area contributed by atoms with Crippen LogP contribution in [-0.2, 0) is 38.4 Å². The molecule has 0 spiro atoms. The molecule has 0 radical (unpaired) electrons. The molecule has 4 aromatic carbocycles. The second-order valence-corrected chi connectivity index (χ2v) is 11.9. The van der Waals surface area contributed by atoms with E-state index in [4.69, 9.17) is 9.47 Å². The minimum Gasteiger partial charge on any atom is -0.455 e. The molecule has 262 valence electrons. The van der Waals surface area contributed by atoms with Gasteiger partial charge in [-0.25, -0.2) is 19.6 Å². The first-order chi connectivity index (χ1) is 26.0. The fraction of sp³-hybridized carbons (Fsp3) is 0. The molecule has 0 saturated heterocycles. The third kappa shape index (κ3) is 5.84. The number of rotatable bonds is 9. The molecule has 8 amide bonds. The number of carbonyl (C=O) groups excluding carboxylic acids is 8. The standard InChI is InChI=1S/C40H22N4O10/c45-33-13-14-34(46)41(33)25-5-11-31(29(21-25)43-37(49)17-18-38(43)50)53-27-7-1-23(2-8-27)24-3-9-28(10-4-24)54-32-12-6-26(42-35(47)15-16-36(42)48)22-30(32)44-39(51)19-20-40(44)52/h1-22H. The van der Waals surface area contributed by atoms with Crippen molar-refractivity contribution >= 4 is 70.0 Å². The van der Waals surface area contributed by atoms with Crippen molar-refractivity contribution in [1.29, 1.82) is 0 Å². The van der Waals surface area contributed by atoms with E-state index in [1.165, 1.54) is 36.4 Å². The van der Waals surface area contributed by atoms with E-state index < -0.39 is 47.3 Å². The lowest BCUT2D eigenvalue weighted by molar-refractivity contribution is -0.121. The molecule has 0 aromatic heterocycles. The summed E-state index contributed by atoms with van der Waals surface area (Å²) >= 11 is 0. The Labute approximate surface area is 304 Å². The SMILES string of the molecule is O=C1C=CC(=O)N1c1ccc(Oc2ccc(-c3ccc(Oc4ccc(N5C(=O)C=CC5=O)cc4N4C(=O)C=CC4=O)cc3)cc2)c(N2C(=O)C=CC2=O)c1. The van der Waals surface area contributed by atoms with Crippen molar-refractivity contribution in [3.63, 3.8) is 0 Å². The Kier molecular flexibility index (Phi) is 7.96. The van der Waals surface area contributed by atoms with Crippen LogP contribution in [-0.4, -0.2) is 47.3 Å². The summed E-state index contributed by atoms with van der Waals surface area (Å²) in [7, 11) is 0. The van der Waals surface area contributed by atoms with Crippen LogP contribution in [0.2, 0.25) is 0 Å². The fourth-order valence-corrected chi connectivity index (χ4v) is 6.08. The van der Waals surface area contributed by atoms with Gasteiger partial charge in [-0.05, 0) is 71.8 Å². The highest BCUT2D eigenvalue weighted by atomic mass is 16.5. The molecule has 4 heterocycles. The third-order valence-electron chi connectivity index (χ3n) is 8.62. The van der Waals surface area contributed by atoms with Crippen molar-refractivity contribution in [1.82, 2.24) is 0 Å². The summed E-state index contributed by atoms with van der Waals surface area (Å²) < 4.78 is 12.2. The second kappa shape index (κ2) is 13.0. The van der Waals surface area contributed by atoms with Crippen LogP contribution in [0.3, 0.4) is 0 Å². The van der Waals surface area contributed by atoms with Crippen molar-refractivity contribution in [3.05, 3.63) is 134 Å². The van der Waals surface area contributed by atoms with E-state index in [0.29, 0.717) is 11.5 Å². The van der Waals surface area contributed by atoms with Gasteiger partial charge < -0.3 is 9.47 Å². The number of hydrogen-bond donors (Lipinski definition) is 0. The number of benzene rings is 4. The first-order valence-corrected chi connectivity index (χ1v) is 16.1. The van der Waals surface area contributed by atoms with Gasteiger partial charge in [0, 0.05) is 48.6 Å². The maximum Gasteiger partial charge on any atom is 0.258 e. The van der Waals surface area contributed by atoms with Crippen LogP contribution in [0.25, 0.3) is 11.1 Å². The summed E-state index contributed by atoms with van der Waals surface area (Å²) in [6.45, 7) is 0. The maximum absolute atomic E-state index is 12.6. The van der Waals surface area contributed by atoms with E-state index in [1.54, 1.807) is 48.5 Å². The van der Waals surface area contributed by atoms with E-state index in [0.717, 1.165) is 79.3 Å². The molecule has 14 heteroatoms. The molecule has 0 fully saturated rings. The van der Waals surface area contributed by atoms with Gasteiger partial charge in [0.25, 0.3) is 47.3 Å². The van der Waals surface area contributed by atoms with Gasteiger partial charge in [0.1, 0.15) is 11.5 Å². The van der Waals surface area contributed by atoms with E-state index in [2.05, 4.69) is 0 Å². The number of imide groups is 4. The highest BCUT2D eigenvalue weighted by Crippen LogP contribution is 2.40. The number of nitrogens with zero attached hydrogens (tertiary/aromatic N) is 4. The molecular formula is C40H22N4O10. The quantitative estimate of drug-likeness (QED) is 0.222. The van der Waals surface area contributed by atoms with Crippen LogP contribution in [0, 0.1) is 0 Å². The van der Waals surface area contributed by atoms with E-state index >= 15 is 0 Å². The lowest BCUT2D eigenvalue weighted by Crippen LogP contribution is -2.32. The maximum atomic E-state index is 12.6. The third-order valence-corrected chi connectivity index (χ3v) is 8.62. The van der Waals surface area contributed by atoms with Crippen LogP contribution in [0.4, 0.5) is 22.7 Å². The largest absolute Gasteiger partial charge is 0.455 e. The van der Waals surface area contributed by atoms with Crippen molar-refractivity contribution < 1.29 is 47.8 Å². The first kappa shape index (κ1) is 33.2. The zero-order valence-corrected chi connectivity index (χ0v) is 27.6. The first-order valence-electron chi connectivity index (χ1n) is 16.1. The highest BCUT2D eigenvalue weighted by Gasteiger charge is 2.33. The highest BCUT2D eigenvalue weighted by molar-refractivity contribution is 6.32. The summed E-state index contributed by atoms with van der Waals surface area (Å²) in [4.78, 5) is 103. The topological polar surface area (TPSA) is 168 Å². The van der Waals surface area contributed by atoms with Crippen LogP contribution in [0.5, 0.6) is 23.0 Å². The average molecular weight is 719 g/mol. The molecule has 0 aliphatic carbocycles. The Morgan fingerprint density at radius 2 is 0.593 bits per heavy atom. The summed E-state index contributed by atoms with van der Waals surface area (Å²) in [5, 5.41) is 0. The number of anilines is 4. The lowest BCUT2D eigenvalue weighted by Gasteiger charge is -2.22. The molecular weight excluding hydrogens is 696 g/mol. The molecule has 0 bridgehead atoms. The van der Waals surface area contributed by atoms with E-state index in [1.807, 2.05) is 0 Å². The zero-order chi connectivity index (χ0) is 37.7. The minimum absolute atomic E-state index is 0.0437. The van der Waals surface area contributed by atoms with Gasteiger partial charge in [0.05, 0.1) is 22.7 Å². The van der Waals surface area contributed by atoms with Crippen LogP contribution < -0.4 is 29.1 Å². The zero-order valence-electron chi connectivity index (χ0n) is 27.6. The van der Waals surface area contributed by atoms with E-state index in [-0.39, 0.29) is 34.2 Å². The molecule has 0 saturated carbocycles. The Hall–Kier alpha value is -8.00. The van der Waals surface area contributed by atoms with Crippen molar-refractivity contribution in [2.45, 2.75) is 0 Å². The predicted molar refractivity (Wildman–Crippen MR) is 191 cm³/mol. The summed E-state index contributed by atoms with van der Waals surface area (Å²) in [6.07, 6.45) is 8.94. The molecule has 0 N–H and O–H groups in total. The smallest absolute Gasteiger partial charge is 0.258 e. The van der Waals surface area contributed by atoms with Crippen LogP contribution in [0.1, 0.15) is 0 Å². The normalized spacial score (nSPS) is 16.4. The Bertz CT molecular complexity index is 2270. The number of carbonyl (C=O) groups is 8. The average Bonchev–Trinajstić information content (AvgIpc) is 3.90. The van der Waals surface area contributed by atoms with E-state index in [9.17, 15) is 38.4 Å². The molecule has 14 nitrogen and oxygen atoms in total. The molecule has 0 unspecified atom stereocenters. The van der Waals surface area contributed by atoms with Crippen LogP contribution in [0.15, 0.2) is 134 Å². The Morgan fingerprint density at radius 3 is 0.889 bits per heavy atom. The molecule has 0 atom stereocenters. The van der Waals surface area contributed by atoms with Gasteiger partial charge in [0.15, 0.2) is 11.5 Å². The van der Waals surface area contributed by atoms with Gasteiger partial charge in [-0.1, -0.05) is 24.3 Å². The van der Waals surface area contributed by atoms with Crippen molar-refractivity contribution in [2.75, 3.05) is 19.6 Å². The van der Waals surface area contributed by atoms with Gasteiger partial charge in [-0.3, -0.25) is 38.4 Å². The summed E-state index contributed by atoms with van der Waals surface area (Å²) in [6, 6.07) is 22.4. The number of hydrogen-bond acceptors (Lipinski definition) is 10. The van der Waals surface area contributed by atoms with Crippen LogP contribution >= 0.6 is 0 Å². The van der Waals surface area contributed by atoms with Gasteiger partial charge in [0.2, 0.25) is 0 Å². The fourth-order valence-electron chi connectivity index (χ4n) is 6.08. The van der Waals surface area contributed by atoms with Gasteiger partial charge >= 0.3 is 0 Å². The molecule has 4 aliphatic heterocycles. The summed E-state index contributed by atoms with van der Waals surface area (Å²) in [5.41, 5.74) is 1.97. The Balaban J connectivity index is 1.02. The van der Waals surface area contributed by atoms with Gasteiger partial charge in [-0.15, -0.1) is 0 Å². The molecule has 4 aromatic rings. The number of ether oxygens (including phenoxy) is 2. The minimum atomic E-state index is -0.613. The summed E-state index contributed by atoms with van der Waals surface area (Å²) in [5.74, 6) is -3.73. The Morgan fingerprint density at radius 1 is 0.315 bits per heavy atom. The predicted octanol–water partition coefficient (Wildman–Crippen LogP) is 4.66. The second-order valence-electron chi connectivity index (χ2n) is 11.9. The molecule has 54 heavy (non-hydrogen) atoms. The lowest BCUT2D eigenvalue weighted by atomic mass is 10.1. The van der Waals surface area contributed by atoms with Crippen molar-refractivity contribution in [2.24, 2.45) is 0 Å². The van der Waals surface area contributed by atoms with Crippen molar-refractivity contribution in [3.8, 4) is 34.1 Å². The molecule has 8 rings (SSSR count). The monoisotopic (exact) mass is 718 g/mol.